The van der Waals surface area contributed by atoms with Crippen LogP contribution in [-0.2, 0) is 11.0 Å². The van der Waals surface area contributed by atoms with Crippen molar-refractivity contribution in [2.24, 2.45) is 4.99 Å². The van der Waals surface area contributed by atoms with Crippen LogP contribution < -0.4 is 0 Å². The summed E-state index contributed by atoms with van der Waals surface area (Å²) >= 11 is 0. The lowest BCUT2D eigenvalue weighted by Crippen LogP contribution is -2.04. The molecule has 1 aromatic rings. The molecule has 0 saturated carbocycles. The smallest absolute Gasteiger partial charge is 0.419 e. The van der Waals surface area contributed by atoms with Gasteiger partial charge in [0.1, 0.15) is 5.75 Å². The second-order valence-electron chi connectivity index (χ2n) is 2.40. The predicted octanol–water partition coefficient (Wildman–Crippen LogP) is 2.38. The van der Waals surface area contributed by atoms with Crippen molar-refractivity contribution in [3.63, 3.8) is 0 Å². The number of phenols is 1. The van der Waals surface area contributed by atoms with Crippen LogP contribution in [0.15, 0.2) is 23.2 Å². The number of isocyanates is 1. The van der Waals surface area contributed by atoms with E-state index in [1.54, 1.807) is 0 Å². The van der Waals surface area contributed by atoms with Gasteiger partial charge in [-0.15, -0.1) is 0 Å². The first-order valence-electron chi connectivity index (χ1n) is 3.43. The molecule has 74 valence electrons. The van der Waals surface area contributed by atoms with E-state index >= 15 is 0 Å². The first-order chi connectivity index (χ1) is 6.45. The topological polar surface area (TPSA) is 49.7 Å². The minimum Gasteiger partial charge on any atom is -0.507 e. The molecule has 0 aromatic heterocycles. The Morgan fingerprint density at radius 2 is 2.00 bits per heavy atom. The molecule has 1 aromatic carbocycles. The Morgan fingerprint density at radius 3 is 2.43 bits per heavy atom. The van der Waals surface area contributed by atoms with Gasteiger partial charge in [-0.25, -0.2) is 4.79 Å². The fourth-order valence-electron chi connectivity index (χ4n) is 0.882. The van der Waals surface area contributed by atoms with Crippen molar-refractivity contribution in [2.45, 2.75) is 6.18 Å². The Balaban J connectivity index is 3.20. The van der Waals surface area contributed by atoms with Crippen LogP contribution in [-0.4, -0.2) is 11.2 Å². The van der Waals surface area contributed by atoms with Crippen molar-refractivity contribution in [3.8, 4) is 5.75 Å². The second-order valence-corrected chi connectivity index (χ2v) is 2.40. The van der Waals surface area contributed by atoms with E-state index in [1.807, 2.05) is 0 Å². The van der Waals surface area contributed by atoms with Crippen LogP contribution in [0.1, 0.15) is 5.56 Å². The summed E-state index contributed by atoms with van der Waals surface area (Å²) in [5.41, 5.74) is -1.24. The molecule has 0 radical (unpaired) electrons. The maximum Gasteiger partial charge on any atom is 0.419 e. The van der Waals surface area contributed by atoms with Crippen molar-refractivity contribution in [2.75, 3.05) is 0 Å². The summed E-state index contributed by atoms with van der Waals surface area (Å²) in [5.74, 6) is -0.964. The third-order valence-corrected chi connectivity index (χ3v) is 1.46. The number of phenolic OH excluding ortho intramolecular Hbond substituents is 1. The van der Waals surface area contributed by atoms with E-state index in [2.05, 4.69) is 4.99 Å². The van der Waals surface area contributed by atoms with Crippen LogP contribution in [0.3, 0.4) is 0 Å². The second kappa shape index (κ2) is 3.51. The van der Waals surface area contributed by atoms with E-state index in [0.29, 0.717) is 6.07 Å². The van der Waals surface area contributed by atoms with Crippen molar-refractivity contribution in [3.05, 3.63) is 23.8 Å². The number of nitrogens with zero attached hydrogens (tertiary/aromatic N) is 1. The van der Waals surface area contributed by atoms with Crippen molar-refractivity contribution in [1.29, 1.82) is 0 Å². The van der Waals surface area contributed by atoms with Gasteiger partial charge in [0.25, 0.3) is 0 Å². The number of aliphatic imine (C=N–C) groups is 1. The van der Waals surface area contributed by atoms with Crippen LogP contribution in [0, 0.1) is 0 Å². The summed E-state index contributed by atoms with van der Waals surface area (Å²) in [6.45, 7) is 0. The Kier molecular flexibility index (Phi) is 2.58. The average Bonchev–Trinajstić information content (AvgIpc) is 2.02. The predicted molar refractivity (Wildman–Crippen MR) is 40.9 cm³/mol. The van der Waals surface area contributed by atoms with E-state index in [-0.39, 0.29) is 5.69 Å². The van der Waals surface area contributed by atoms with E-state index in [9.17, 15) is 18.0 Å². The van der Waals surface area contributed by atoms with Crippen LogP contribution >= 0.6 is 0 Å². The highest BCUT2D eigenvalue weighted by Gasteiger charge is 2.33. The van der Waals surface area contributed by atoms with Gasteiger partial charge < -0.3 is 5.11 Å². The van der Waals surface area contributed by atoms with Crippen molar-refractivity contribution >= 4 is 11.8 Å². The molecule has 6 heteroatoms. The molecule has 0 bridgehead atoms. The normalized spacial score (nSPS) is 10.8. The molecule has 0 amide bonds. The minimum atomic E-state index is -4.62. The molecule has 1 rings (SSSR count). The Morgan fingerprint density at radius 1 is 1.36 bits per heavy atom. The quantitative estimate of drug-likeness (QED) is 0.562. The number of hydrogen-bond acceptors (Lipinski definition) is 3. The van der Waals surface area contributed by atoms with Gasteiger partial charge in [-0.2, -0.15) is 18.2 Å². The molecule has 0 spiro atoms. The van der Waals surface area contributed by atoms with Crippen molar-refractivity contribution < 1.29 is 23.1 Å². The molecule has 14 heavy (non-hydrogen) atoms. The van der Waals surface area contributed by atoms with Crippen LogP contribution in [0.4, 0.5) is 18.9 Å². The Labute approximate surface area is 76.5 Å². The average molecular weight is 203 g/mol. The maximum atomic E-state index is 12.1. The molecular weight excluding hydrogens is 199 g/mol. The first-order valence-corrected chi connectivity index (χ1v) is 3.43. The maximum absolute atomic E-state index is 12.1. The number of benzene rings is 1. The largest absolute Gasteiger partial charge is 0.507 e. The van der Waals surface area contributed by atoms with E-state index < -0.39 is 17.5 Å². The van der Waals surface area contributed by atoms with Gasteiger partial charge in [0.15, 0.2) is 0 Å². The highest BCUT2D eigenvalue weighted by Crippen LogP contribution is 2.37. The lowest BCUT2D eigenvalue weighted by molar-refractivity contribution is -0.138. The molecule has 0 atom stereocenters. The highest BCUT2D eigenvalue weighted by molar-refractivity contribution is 5.53. The van der Waals surface area contributed by atoms with Gasteiger partial charge in [0.05, 0.1) is 11.3 Å². The number of rotatable bonds is 1. The van der Waals surface area contributed by atoms with Crippen LogP contribution in [0.2, 0.25) is 0 Å². The summed E-state index contributed by atoms with van der Waals surface area (Å²) < 4.78 is 36.3. The molecular formula is C8H4F3NO2. The van der Waals surface area contributed by atoms with Gasteiger partial charge in [0.2, 0.25) is 6.08 Å². The zero-order valence-electron chi connectivity index (χ0n) is 6.67. The molecule has 0 aliphatic heterocycles. The number of alkyl halides is 3. The molecule has 0 saturated heterocycles. The monoisotopic (exact) mass is 203 g/mol. The Hall–Kier alpha value is -1.81. The highest BCUT2D eigenvalue weighted by atomic mass is 19.4. The van der Waals surface area contributed by atoms with Crippen LogP contribution in [0.5, 0.6) is 5.75 Å². The summed E-state index contributed by atoms with van der Waals surface area (Å²) in [7, 11) is 0. The molecule has 0 fully saturated rings. The molecule has 0 aliphatic rings. The Bertz CT molecular complexity index is 394. The fourth-order valence-corrected chi connectivity index (χ4v) is 0.882. The standard InChI is InChI=1S/C8H4F3NO2/c9-8(10,11)6-2-1-5(12-4-13)3-7(6)14/h1-3,14H. The van der Waals surface area contributed by atoms with E-state index in [4.69, 9.17) is 5.11 Å². The van der Waals surface area contributed by atoms with Gasteiger partial charge in [-0.05, 0) is 12.1 Å². The lowest BCUT2D eigenvalue weighted by Gasteiger charge is -2.08. The fraction of sp³-hybridized carbons (Fsp3) is 0.125. The summed E-state index contributed by atoms with van der Waals surface area (Å²) in [4.78, 5) is 12.8. The SMILES string of the molecule is O=C=Nc1ccc(C(F)(F)F)c(O)c1. The number of aromatic hydroxyl groups is 1. The van der Waals surface area contributed by atoms with Crippen LogP contribution in [0.25, 0.3) is 0 Å². The number of halogens is 3. The zero-order chi connectivity index (χ0) is 10.8. The molecule has 1 N–H and O–H groups in total. The van der Waals surface area contributed by atoms with E-state index in [1.165, 1.54) is 0 Å². The van der Waals surface area contributed by atoms with E-state index in [0.717, 1.165) is 18.2 Å². The van der Waals surface area contributed by atoms with Gasteiger partial charge >= 0.3 is 6.18 Å². The van der Waals surface area contributed by atoms with Gasteiger partial charge in [0, 0.05) is 6.07 Å². The third kappa shape index (κ3) is 2.11. The summed E-state index contributed by atoms with van der Waals surface area (Å²) in [6.07, 6.45) is -3.47. The zero-order valence-corrected chi connectivity index (χ0v) is 6.67. The summed E-state index contributed by atoms with van der Waals surface area (Å²) in [5, 5.41) is 8.94. The lowest BCUT2D eigenvalue weighted by atomic mass is 10.2. The molecule has 0 unspecified atom stereocenters. The molecule has 0 aliphatic carbocycles. The number of hydrogen-bond donors (Lipinski definition) is 1. The number of carbonyl (C=O) groups excluding carboxylic acids is 1. The van der Waals surface area contributed by atoms with Gasteiger partial charge in [-0.1, -0.05) is 0 Å². The minimum absolute atomic E-state index is 0.0782. The summed E-state index contributed by atoms with van der Waals surface area (Å²) in [6, 6.07) is 2.35. The molecule has 0 heterocycles. The van der Waals surface area contributed by atoms with Crippen molar-refractivity contribution in [1.82, 2.24) is 0 Å². The third-order valence-electron chi connectivity index (χ3n) is 1.46. The van der Waals surface area contributed by atoms with Gasteiger partial charge in [-0.3, -0.25) is 0 Å². The first kappa shape index (κ1) is 10.3. The molecule has 3 nitrogen and oxygen atoms in total.